The summed E-state index contributed by atoms with van der Waals surface area (Å²) in [7, 11) is -2.45. The average molecular weight is 392 g/mol. The van der Waals surface area contributed by atoms with Crippen molar-refractivity contribution < 1.29 is 22.3 Å². The van der Waals surface area contributed by atoms with Crippen LogP contribution in [0.4, 0.5) is 10.1 Å². The van der Waals surface area contributed by atoms with Crippen LogP contribution >= 0.6 is 0 Å². The SMILES string of the molecule is COC(=O)c1cc(S(=O)(=O)N2CCN(c3ccc(F)cc3)CC2)ccc1C. The van der Waals surface area contributed by atoms with Crippen molar-refractivity contribution >= 4 is 21.7 Å². The Balaban J connectivity index is 1.77. The molecule has 0 spiro atoms. The monoisotopic (exact) mass is 392 g/mol. The first kappa shape index (κ1) is 19.3. The number of carbonyl (C=O) groups is 1. The number of aryl methyl sites for hydroxylation is 1. The molecule has 0 N–H and O–H groups in total. The van der Waals surface area contributed by atoms with Crippen molar-refractivity contribution in [3.63, 3.8) is 0 Å². The van der Waals surface area contributed by atoms with E-state index in [2.05, 4.69) is 0 Å². The second kappa shape index (κ2) is 7.66. The maximum absolute atomic E-state index is 13.1. The number of methoxy groups -OCH3 is 1. The van der Waals surface area contributed by atoms with Gasteiger partial charge in [0.05, 0.1) is 17.6 Å². The van der Waals surface area contributed by atoms with Crippen molar-refractivity contribution in [2.45, 2.75) is 11.8 Å². The molecule has 2 aromatic carbocycles. The highest BCUT2D eigenvalue weighted by atomic mass is 32.2. The third-order valence-electron chi connectivity index (χ3n) is 4.68. The molecule has 8 heteroatoms. The molecule has 0 aliphatic carbocycles. The van der Waals surface area contributed by atoms with Crippen LogP contribution in [0.2, 0.25) is 0 Å². The van der Waals surface area contributed by atoms with Gasteiger partial charge in [-0.2, -0.15) is 4.31 Å². The van der Waals surface area contributed by atoms with E-state index in [9.17, 15) is 17.6 Å². The van der Waals surface area contributed by atoms with Crippen molar-refractivity contribution in [3.8, 4) is 0 Å². The zero-order valence-electron chi connectivity index (χ0n) is 15.2. The highest BCUT2D eigenvalue weighted by Gasteiger charge is 2.29. The van der Waals surface area contributed by atoms with Gasteiger partial charge >= 0.3 is 5.97 Å². The first-order chi connectivity index (χ1) is 12.8. The number of esters is 1. The molecule has 1 saturated heterocycles. The van der Waals surface area contributed by atoms with Crippen molar-refractivity contribution in [1.82, 2.24) is 4.31 Å². The lowest BCUT2D eigenvalue weighted by molar-refractivity contribution is 0.0599. The van der Waals surface area contributed by atoms with E-state index < -0.39 is 16.0 Å². The van der Waals surface area contributed by atoms with Crippen LogP contribution in [0.5, 0.6) is 0 Å². The van der Waals surface area contributed by atoms with Gasteiger partial charge in [-0.15, -0.1) is 0 Å². The summed E-state index contributed by atoms with van der Waals surface area (Å²) in [6.07, 6.45) is 0. The maximum atomic E-state index is 13.1. The molecule has 144 valence electrons. The van der Waals surface area contributed by atoms with Gasteiger partial charge in [0, 0.05) is 31.9 Å². The smallest absolute Gasteiger partial charge is 0.338 e. The molecule has 0 radical (unpaired) electrons. The summed E-state index contributed by atoms with van der Waals surface area (Å²) in [6, 6.07) is 10.6. The third kappa shape index (κ3) is 3.96. The van der Waals surface area contributed by atoms with Gasteiger partial charge < -0.3 is 9.64 Å². The molecule has 1 aliphatic rings. The van der Waals surface area contributed by atoms with Gasteiger partial charge in [0.25, 0.3) is 0 Å². The Morgan fingerprint density at radius 2 is 1.67 bits per heavy atom. The molecule has 1 heterocycles. The molecule has 0 amide bonds. The summed E-state index contributed by atoms with van der Waals surface area (Å²) in [4.78, 5) is 13.9. The van der Waals surface area contributed by atoms with E-state index in [4.69, 9.17) is 4.74 Å². The standard InChI is InChI=1S/C19H21FN2O4S/c1-14-3-8-17(13-18(14)19(23)26-2)27(24,25)22-11-9-21(10-12-22)16-6-4-15(20)5-7-16/h3-8,13H,9-12H2,1-2H3. The van der Waals surface area contributed by atoms with Gasteiger partial charge in [0.15, 0.2) is 0 Å². The number of benzene rings is 2. The minimum absolute atomic E-state index is 0.0729. The Kier molecular flexibility index (Phi) is 5.48. The summed E-state index contributed by atoms with van der Waals surface area (Å²) < 4.78 is 45.1. The topological polar surface area (TPSA) is 66.9 Å². The number of carbonyl (C=O) groups excluding carboxylic acids is 1. The first-order valence-electron chi connectivity index (χ1n) is 8.52. The lowest BCUT2D eigenvalue weighted by atomic mass is 10.1. The van der Waals surface area contributed by atoms with Gasteiger partial charge in [-0.1, -0.05) is 6.07 Å². The van der Waals surface area contributed by atoms with Gasteiger partial charge in [-0.3, -0.25) is 0 Å². The maximum Gasteiger partial charge on any atom is 0.338 e. The predicted molar refractivity (Wildman–Crippen MR) is 99.9 cm³/mol. The Morgan fingerprint density at radius 3 is 2.26 bits per heavy atom. The molecular formula is C19H21FN2O4S. The number of hydrogen-bond donors (Lipinski definition) is 0. The number of anilines is 1. The number of ether oxygens (including phenoxy) is 1. The molecule has 27 heavy (non-hydrogen) atoms. The lowest BCUT2D eigenvalue weighted by Crippen LogP contribution is -2.48. The molecule has 0 aromatic heterocycles. The fourth-order valence-electron chi connectivity index (χ4n) is 3.08. The van der Waals surface area contributed by atoms with E-state index >= 15 is 0 Å². The number of hydrogen-bond acceptors (Lipinski definition) is 5. The molecule has 0 atom stereocenters. The van der Waals surface area contributed by atoms with Crippen LogP contribution in [0, 0.1) is 12.7 Å². The van der Waals surface area contributed by atoms with E-state index in [1.54, 1.807) is 25.1 Å². The minimum atomic E-state index is -3.72. The fourth-order valence-corrected chi connectivity index (χ4v) is 4.53. The normalized spacial score (nSPS) is 15.6. The van der Waals surface area contributed by atoms with Crippen molar-refractivity contribution in [2.75, 3.05) is 38.2 Å². The molecule has 0 unspecified atom stereocenters. The van der Waals surface area contributed by atoms with E-state index in [1.807, 2.05) is 4.90 Å². The zero-order chi connectivity index (χ0) is 19.6. The van der Waals surface area contributed by atoms with Crippen LogP contribution in [0.3, 0.4) is 0 Å². The molecule has 2 aromatic rings. The van der Waals surface area contributed by atoms with Gasteiger partial charge in [-0.25, -0.2) is 17.6 Å². The van der Waals surface area contributed by atoms with Gasteiger partial charge in [0.2, 0.25) is 10.0 Å². The predicted octanol–water partition coefficient (Wildman–Crippen LogP) is 2.43. The quantitative estimate of drug-likeness (QED) is 0.748. The average Bonchev–Trinajstić information content (AvgIpc) is 2.68. The second-order valence-electron chi connectivity index (χ2n) is 6.34. The van der Waals surface area contributed by atoms with E-state index in [0.717, 1.165) is 5.69 Å². The largest absolute Gasteiger partial charge is 0.465 e. The molecule has 0 bridgehead atoms. The first-order valence-corrected chi connectivity index (χ1v) is 9.96. The Bertz CT molecular complexity index is 937. The van der Waals surface area contributed by atoms with Gasteiger partial charge in [0.1, 0.15) is 5.82 Å². The summed E-state index contributed by atoms with van der Waals surface area (Å²) >= 11 is 0. The molecule has 1 fully saturated rings. The van der Waals surface area contributed by atoms with Crippen LogP contribution in [0.15, 0.2) is 47.4 Å². The van der Waals surface area contributed by atoms with Crippen LogP contribution in [0.25, 0.3) is 0 Å². The number of nitrogens with zero attached hydrogens (tertiary/aromatic N) is 2. The summed E-state index contributed by atoms with van der Waals surface area (Å²) in [5.41, 5.74) is 1.75. The molecule has 6 nitrogen and oxygen atoms in total. The number of halogens is 1. The molecular weight excluding hydrogens is 371 g/mol. The lowest BCUT2D eigenvalue weighted by Gasteiger charge is -2.35. The summed E-state index contributed by atoms with van der Waals surface area (Å²) in [5.74, 6) is -0.869. The van der Waals surface area contributed by atoms with Crippen molar-refractivity contribution in [1.29, 1.82) is 0 Å². The van der Waals surface area contributed by atoms with E-state index in [0.29, 0.717) is 31.7 Å². The summed E-state index contributed by atoms with van der Waals surface area (Å²) in [6.45, 7) is 3.34. The zero-order valence-corrected chi connectivity index (χ0v) is 16.0. The molecule has 1 aliphatic heterocycles. The number of sulfonamides is 1. The van der Waals surface area contributed by atoms with Crippen molar-refractivity contribution in [2.24, 2.45) is 0 Å². The highest BCUT2D eigenvalue weighted by molar-refractivity contribution is 7.89. The molecule has 0 saturated carbocycles. The van der Waals surface area contributed by atoms with Crippen LogP contribution in [-0.2, 0) is 14.8 Å². The Labute approximate surface area is 158 Å². The second-order valence-corrected chi connectivity index (χ2v) is 8.27. The van der Waals surface area contributed by atoms with Crippen molar-refractivity contribution in [3.05, 3.63) is 59.4 Å². The molecule has 3 rings (SSSR count). The van der Waals surface area contributed by atoms with Crippen LogP contribution in [-0.4, -0.2) is 52.0 Å². The number of rotatable bonds is 4. The third-order valence-corrected chi connectivity index (χ3v) is 6.58. The van der Waals surface area contributed by atoms with E-state index in [1.165, 1.54) is 35.7 Å². The fraction of sp³-hybridized carbons (Fsp3) is 0.316. The number of piperazine rings is 1. The minimum Gasteiger partial charge on any atom is -0.465 e. The Hall–Kier alpha value is -2.45. The highest BCUT2D eigenvalue weighted by Crippen LogP contribution is 2.23. The van der Waals surface area contributed by atoms with E-state index in [-0.39, 0.29) is 16.3 Å². The van der Waals surface area contributed by atoms with Gasteiger partial charge in [-0.05, 0) is 48.9 Å². The van der Waals surface area contributed by atoms with Crippen LogP contribution in [0.1, 0.15) is 15.9 Å². The van der Waals surface area contributed by atoms with Crippen LogP contribution < -0.4 is 4.90 Å². The summed E-state index contributed by atoms with van der Waals surface area (Å²) in [5, 5.41) is 0. The Morgan fingerprint density at radius 1 is 1.04 bits per heavy atom.